The molecule has 0 atom stereocenters. The molecule has 0 radical (unpaired) electrons. The Labute approximate surface area is 70.4 Å². The van der Waals surface area contributed by atoms with Gasteiger partial charge in [-0.15, -0.1) is 0 Å². The fraction of sp³-hybridized carbons (Fsp3) is 0.500. The van der Waals surface area contributed by atoms with Crippen LogP contribution >= 0.6 is 0 Å². The molecule has 0 aliphatic carbocycles. The lowest BCUT2D eigenvalue weighted by molar-refractivity contribution is 0.536. The normalized spacial score (nSPS) is 12.3. The Morgan fingerprint density at radius 2 is 2.17 bits per heavy atom. The molecule has 0 unspecified atom stereocenters. The largest absolute Gasteiger partial charge is 0.404 e. The van der Waals surface area contributed by atoms with Gasteiger partial charge in [-0.25, -0.2) is 8.96 Å². The van der Waals surface area contributed by atoms with Crippen LogP contribution in [0.3, 0.4) is 0 Å². The second kappa shape index (κ2) is 2.85. The first kappa shape index (κ1) is 9.18. The summed E-state index contributed by atoms with van der Waals surface area (Å²) in [4.78, 5) is 3.73. The van der Waals surface area contributed by atoms with Gasteiger partial charge in [-0.3, -0.25) is 0 Å². The molecule has 0 aliphatic heterocycles. The van der Waals surface area contributed by atoms with Crippen molar-refractivity contribution in [1.82, 2.24) is 8.96 Å². The molecule has 0 aromatic carbocycles. The van der Waals surface area contributed by atoms with Gasteiger partial charge in [0.25, 0.3) is 0 Å². The van der Waals surface area contributed by atoms with Gasteiger partial charge in [-0.05, 0) is 0 Å². The van der Waals surface area contributed by atoms with E-state index in [2.05, 4.69) is 4.98 Å². The van der Waals surface area contributed by atoms with Crippen LogP contribution in [-0.4, -0.2) is 17.4 Å². The molecule has 12 heavy (non-hydrogen) atoms. The molecule has 0 aliphatic rings. The van der Waals surface area contributed by atoms with Gasteiger partial charge in [0.15, 0.2) is 0 Å². The Kier molecular flexibility index (Phi) is 2.18. The Balaban J connectivity index is 3.26. The Bertz CT molecular complexity index is 369. The summed E-state index contributed by atoms with van der Waals surface area (Å²) in [5.74, 6) is 0.0861. The van der Waals surface area contributed by atoms with E-state index in [4.69, 9.17) is 0 Å². The lowest BCUT2D eigenvalue weighted by Gasteiger charge is -2.04. The van der Waals surface area contributed by atoms with Crippen LogP contribution in [0, 0.1) is 0 Å². The van der Waals surface area contributed by atoms with Crippen molar-refractivity contribution in [2.24, 2.45) is 0 Å². The van der Waals surface area contributed by atoms with Gasteiger partial charge in [0.2, 0.25) is 0 Å². The average molecular weight is 192 g/mol. The highest BCUT2D eigenvalue weighted by Gasteiger charge is 2.17. The molecule has 4 nitrogen and oxygen atoms in total. The standard InChI is InChI=1S/C6H9FN2O2S/c1-5(2)6-8-3-4-9(6)12(7,10)11/h3-5H,1-2H3. The number of hydrogen-bond acceptors (Lipinski definition) is 3. The minimum absolute atomic E-state index is 0.120. The fourth-order valence-corrected chi connectivity index (χ4v) is 1.57. The van der Waals surface area contributed by atoms with E-state index in [9.17, 15) is 12.3 Å². The van der Waals surface area contributed by atoms with E-state index < -0.39 is 10.4 Å². The van der Waals surface area contributed by atoms with E-state index in [1.54, 1.807) is 13.8 Å². The minimum Gasteiger partial charge on any atom is -0.240 e. The molecule has 0 bridgehead atoms. The highest BCUT2D eigenvalue weighted by Crippen LogP contribution is 2.14. The van der Waals surface area contributed by atoms with Crippen LogP contribution in [0.15, 0.2) is 12.4 Å². The smallest absolute Gasteiger partial charge is 0.240 e. The van der Waals surface area contributed by atoms with Gasteiger partial charge in [0, 0.05) is 18.3 Å². The quantitative estimate of drug-likeness (QED) is 0.658. The third-order valence-corrected chi connectivity index (χ3v) is 2.16. The summed E-state index contributed by atoms with van der Waals surface area (Å²) in [5.41, 5.74) is 0. The van der Waals surface area contributed by atoms with Crippen molar-refractivity contribution in [3.63, 3.8) is 0 Å². The molecule has 68 valence electrons. The molecule has 1 aromatic rings. The number of nitrogens with zero attached hydrogens (tertiary/aromatic N) is 2. The summed E-state index contributed by atoms with van der Waals surface area (Å²) in [7, 11) is -4.68. The van der Waals surface area contributed by atoms with Crippen molar-refractivity contribution in [3.8, 4) is 0 Å². The summed E-state index contributed by atoms with van der Waals surface area (Å²) in [5, 5.41) is 0. The topological polar surface area (TPSA) is 52.0 Å². The highest BCUT2D eigenvalue weighted by atomic mass is 32.3. The second-order valence-corrected chi connectivity index (χ2v) is 3.90. The van der Waals surface area contributed by atoms with E-state index in [-0.39, 0.29) is 11.7 Å². The van der Waals surface area contributed by atoms with E-state index in [0.29, 0.717) is 3.97 Å². The van der Waals surface area contributed by atoms with Gasteiger partial charge in [0.1, 0.15) is 5.82 Å². The van der Waals surface area contributed by atoms with Crippen LogP contribution in [0.5, 0.6) is 0 Å². The zero-order valence-electron chi connectivity index (χ0n) is 6.73. The minimum atomic E-state index is -4.68. The Morgan fingerprint density at radius 3 is 2.50 bits per heavy atom. The van der Waals surface area contributed by atoms with Crippen LogP contribution in [0.25, 0.3) is 0 Å². The lowest BCUT2D eigenvalue weighted by atomic mass is 10.2. The van der Waals surface area contributed by atoms with Gasteiger partial charge in [0.05, 0.1) is 0 Å². The van der Waals surface area contributed by atoms with Crippen LogP contribution < -0.4 is 0 Å². The summed E-state index contributed by atoms with van der Waals surface area (Å²) < 4.78 is 34.0. The van der Waals surface area contributed by atoms with E-state index in [1.807, 2.05) is 0 Å². The Hall–Kier alpha value is -0.910. The van der Waals surface area contributed by atoms with Crippen LogP contribution in [0.4, 0.5) is 3.89 Å². The van der Waals surface area contributed by atoms with E-state index >= 15 is 0 Å². The first-order chi connectivity index (χ1) is 5.43. The number of rotatable bonds is 2. The zero-order valence-corrected chi connectivity index (χ0v) is 7.55. The third kappa shape index (κ3) is 1.63. The summed E-state index contributed by atoms with van der Waals surface area (Å²) >= 11 is 0. The number of imidazole rings is 1. The lowest BCUT2D eigenvalue weighted by Crippen LogP contribution is -2.10. The molecule has 1 aromatic heterocycles. The number of halogens is 1. The monoisotopic (exact) mass is 192 g/mol. The van der Waals surface area contributed by atoms with Crippen molar-refractivity contribution in [2.45, 2.75) is 19.8 Å². The van der Waals surface area contributed by atoms with Crippen molar-refractivity contribution in [1.29, 1.82) is 0 Å². The first-order valence-corrected chi connectivity index (χ1v) is 4.75. The molecule has 0 amide bonds. The fourth-order valence-electron chi connectivity index (χ4n) is 0.891. The van der Waals surface area contributed by atoms with Crippen LogP contribution in [0.2, 0.25) is 0 Å². The Morgan fingerprint density at radius 1 is 1.58 bits per heavy atom. The van der Waals surface area contributed by atoms with Gasteiger partial charge in [-0.2, -0.15) is 8.42 Å². The van der Waals surface area contributed by atoms with E-state index in [0.717, 1.165) is 6.20 Å². The van der Waals surface area contributed by atoms with Crippen LogP contribution in [0.1, 0.15) is 25.6 Å². The van der Waals surface area contributed by atoms with E-state index in [1.165, 1.54) is 6.20 Å². The molecule has 0 spiro atoms. The summed E-state index contributed by atoms with van der Waals surface area (Å²) in [6.07, 6.45) is 2.34. The van der Waals surface area contributed by atoms with Crippen molar-refractivity contribution < 1.29 is 12.3 Å². The number of hydrogen-bond donors (Lipinski definition) is 0. The number of aromatic nitrogens is 2. The van der Waals surface area contributed by atoms with Crippen molar-refractivity contribution >= 4 is 10.4 Å². The SMILES string of the molecule is CC(C)c1nccn1S(=O)(=O)F. The van der Waals surface area contributed by atoms with Gasteiger partial charge < -0.3 is 0 Å². The maximum atomic E-state index is 12.5. The molecule has 1 rings (SSSR count). The molecule has 0 fully saturated rings. The molecule has 0 N–H and O–H groups in total. The average Bonchev–Trinajstić information content (AvgIpc) is 2.30. The van der Waals surface area contributed by atoms with Crippen molar-refractivity contribution in [2.75, 3.05) is 0 Å². The van der Waals surface area contributed by atoms with Gasteiger partial charge in [-0.1, -0.05) is 17.7 Å². The molecular weight excluding hydrogens is 183 g/mol. The molecule has 0 saturated carbocycles. The predicted molar refractivity (Wildman–Crippen MR) is 41.7 cm³/mol. The molecule has 1 heterocycles. The molecule has 6 heteroatoms. The van der Waals surface area contributed by atoms with Gasteiger partial charge >= 0.3 is 10.4 Å². The molecular formula is C6H9FN2O2S. The maximum absolute atomic E-state index is 12.5. The zero-order chi connectivity index (χ0) is 9.35. The first-order valence-electron chi connectivity index (χ1n) is 3.41. The maximum Gasteiger partial charge on any atom is 0.404 e. The summed E-state index contributed by atoms with van der Waals surface area (Å²) in [6.45, 7) is 3.48. The molecule has 0 saturated heterocycles. The predicted octanol–water partition coefficient (Wildman–Crippen LogP) is 1.07. The third-order valence-electron chi connectivity index (χ3n) is 1.39. The van der Waals surface area contributed by atoms with Crippen LogP contribution in [-0.2, 0) is 10.4 Å². The van der Waals surface area contributed by atoms with Crippen molar-refractivity contribution in [3.05, 3.63) is 18.2 Å². The second-order valence-electron chi connectivity index (χ2n) is 2.68. The summed E-state index contributed by atoms with van der Waals surface area (Å²) in [6, 6.07) is 0. The highest BCUT2D eigenvalue weighted by molar-refractivity contribution is 7.84.